The summed E-state index contributed by atoms with van der Waals surface area (Å²) in [5.74, 6) is 1.44. The predicted molar refractivity (Wildman–Crippen MR) is 75.3 cm³/mol. The first-order valence-electron chi connectivity index (χ1n) is 6.38. The normalized spacial score (nSPS) is 10.9. The van der Waals surface area contributed by atoms with E-state index in [9.17, 15) is 0 Å². The van der Waals surface area contributed by atoms with Crippen LogP contribution in [0.15, 0.2) is 18.2 Å². The summed E-state index contributed by atoms with van der Waals surface area (Å²) in [7, 11) is 3.53. The van der Waals surface area contributed by atoms with E-state index in [2.05, 4.69) is 11.4 Å². The summed E-state index contributed by atoms with van der Waals surface area (Å²) in [4.78, 5) is 0. The first kappa shape index (κ1) is 15.3. The second kappa shape index (κ2) is 7.01. The highest BCUT2D eigenvalue weighted by atomic mass is 16.5. The van der Waals surface area contributed by atoms with E-state index in [4.69, 9.17) is 14.7 Å². The Morgan fingerprint density at radius 1 is 1.32 bits per heavy atom. The molecule has 0 heterocycles. The van der Waals surface area contributed by atoms with Gasteiger partial charge >= 0.3 is 0 Å². The van der Waals surface area contributed by atoms with E-state index in [1.165, 1.54) is 0 Å². The molecule has 1 aromatic rings. The van der Waals surface area contributed by atoms with Crippen molar-refractivity contribution in [2.24, 2.45) is 5.41 Å². The molecule has 1 aromatic carbocycles. The number of rotatable bonds is 7. The van der Waals surface area contributed by atoms with Crippen molar-refractivity contribution in [3.8, 4) is 17.6 Å². The van der Waals surface area contributed by atoms with Gasteiger partial charge in [0, 0.05) is 6.54 Å². The molecule has 0 aliphatic carbocycles. The highest BCUT2D eigenvalue weighted by Gasteiger charge is 2.17. The fourth-order valence-corrected chi connectivity index (χ4v) is 1.62. The summed E-state index contributed by atoms with van der Waals surface area (Å²) < 4.78 is 11.0. The van der Waals surface area contributed by atoms with Crippen molar-refractivity contribution >= 4 is 0 Å². The fraction of sp³-hybridized carbons (Fsp3) is 0.533. The van der Waals surface area contributed by atoms with Gasteiger partial charge in [-0.25, -0.2) is 0 Å². The highest BCUT2D eigenvalue weighted by Crippen LogP contribution is 2.29. The van der Waals surface area contributed by atoms with Crippen molar-refractivity contribution in [3.63, 3.8) is 0 Å². The van der Waals surface area contributed by atoms with E-state index in [0.29, 0.717) is 13.0 Å². The van der Waals surface area contributed by atoms with Gasteiger partial charge in [0.25, 0.3) is 0 Å². The van der Waals surface area contributed by atoms with Crippen molar-refractivity contribution < 1.29 is 9.47 Å². The number of nitrogens with one attached hydrogen (secondary N) is 1. The van der Waals surface area contributed by atoms with Gasteiger partial charge in [-0.15, -0.1) is 0 Å². The maximum atomic E-state index is 8.95. The second-order valence-electron chi connectivity index (χ2n) is 5.11. The Kier molecular flexibility index (Phi) is 5.65. The van der Waals surface area contributed by atoms with Crippen LogP contribution < -0.4 is 14.8 Å². The summed E-state index contributed by atoms with van der Waals surface area (Å²) in [5.41, 5.74) is 0.781. The van der Waals surface area contributed by atoms with Crippen LogP contribution in [-0.4, -0.2) is 20.8 Å². The highest BCUT2D eigenvalue weighted by molar-refractivity contribution is 5.42. The lowest BCUT2D eigenvalue weighted by atomic mass is 9.92. The Morgan fingerprint density at radius 2 is 2.05 bits per heavy atom. The molecule has 0 aromatic heterocycles. The standard InChI is InChI=1S/C15H22N2O2/c1-15(2,11-16)7-8-19-13-6-5-12(10-17-3)9-14(13)18-4/h5-6,9,17H,7-8,10H2,1-4H3. The zero-order valence-corrected chi connectivity index (χ0v) is 12.1. The minimum absolute atomic E-state index is 0.362. The summed E-state index contributed by atoms with van der Waals surface area (Å²) in [6, 6.07) is 8.13. The minimum Gasteiger partial charge on any atom is -0.493 e. The molecule has 0 bridgehead atoms. The monoisotopic (exact) mass is 262 g/mol. The van der Waals surface area contributed by atoms with Gasteiger partial charge < -0.3 is 14.8 Å². The molecule has 0 amide bonds. The number of benzene rings is 1. The molecule has 104 valence electrons. The van der Waals surface area contributed by atoms with Gasteiger partial charge in [0.1, 0.15) is 0 Å². The third-order valence-corrected chi connectivity index (χ3v) is 2.90. The van der Waals surface area contributed by atoms with Gasteiger partial charge in [-0.2, -0.15) is 5.26 Å². The average Bonchev–Trinajstić information content (AvgIpc) is 2.40. The van der Waals surface area contributed by atoms with Crippen LogP contribution in [0.5, 0.6) is 11.5 Å². The van der Waals surface area contributed by atoms with Crippen LogP contribution >= 0.6 is 0 Å². The predicted octanol–water partition coefficient (Wildman–Crippen LogP) is 2.73. The van der Waals surface area contributed by atoms with Gasteiger partial charge in [0.05, 0.1) is 25.2 Å². The summed E-state index contributed by atoms with van der Waals surface area (Å²) in [5, 5.41) is 12.0. The smallest absolute Gasteiger partial charge is 0.161 e. The fourth-order valence-electron chi connectivity index (χ4n) is 1.62. The number of hydrogen-bond donors (Lipinski definition) is 1. The lowest BCUT2D eigenvalue weighted by Crippen LogP contribution is -2.13. The van der Waals surface area contributed by atoms with Gasteiger partial charge in [-0.1, -0.05) is 6.07 Å². The number of ether oxygens (including phenoxy) is 2. The molecule has 0 radical (unpaired) electrons. The summed E-state index contributed by atoms with van der Waals surface area (Å²) in [6.45, 7) is 5.10. The SMILES string of the molecule is CNCc1ccc(OCCC(C)(C)C#N)c(OC)c1. The van der Waals surface area contributed by atoms with Gasteiger partial charge in [-0.3, -0.25) is 0 Å². The van der Waals surface area contributed by atoms with Crippen molar-refractivity contribution in [1.29, 1.82) is 5.26 Å². The van der Waals surface area contributed by atoms with Gasteiger partial charge in [-0.05, 0) is 45.0 Å². The van der Waals surface area contributed by atoms with E-state index >= 15 is 0 Å². The van der Waals surface area contributed by atoms with Crippen molar-refractivity contribution in [2.75, 3.05) is 20.8 Å². The van der Waals surface area contributed by atoms with Crippen LogP contribution in [-0.2, 0) is 6.54 Å². The molecule has 0 fully saturated rings. The van der Waals surface area contributed by atoms with Crippen molar-refractivity contribution in [2.45, 2.75) is 26.8 Å². The number of methoxy groups -OCH3 is 1. The molecular weight excluding hydrogens is 240 g/mol. The van der Waals surface area contributed by atoms with E-state index < -0.39 is 0 Å². The van der Waals surface area contributed by atoms with Crippen LogP contribution in [0.3, 0.4) is 0 Å². The molecule has 0 aliphatic rings. The molecule has 0 saturated heterocycles. The van der Waals surface area contributed by atoms with Crippen LogP contribution in [0.2, 0.25) is 0 Å². The average molecular weight is 262 g/mol. The van der Waals surface area contributed by atoms with Gasteiger partial charge in [0.2, 0.25) is 0 Å². The Hall–Kier alpha value is -1.73. The van der Waals surface area contributed by atoms with E-state index in [1.807, 2.05) is 39.1 Å². The molecular formula is C15H22N2O2. The lowest BCUT2D eigenvalue weighted by molar-refractivity contribution is 0.252. The Balaban J connectivity index is 2.66. The van der Waals surface area contributed by atoms with Gasteiger partial charge in [0.15, 0.2) is 11.5 Å². The largest absolute Gasteiger partial charge is 0.493 e. The maximum Gasteiger partial charge on any atom is 0.161 e. The third kappa shape index (κ3) is 4.80. The zero-order valence-electron chi connectivity index (χ0n) is 12.1. The van der Waals surface area contributed by atoms with E-state index in [1.54, 1.807) is 7.11 Å². The molecule has 0 aliphatic heterocycles. The summed E-state index contributed by atoms with van der Waals surface area (Å²) >= 11 is 0. The number of nitriles is 1. The molecule has 4 heteroatoms. The molecule has 4 nitrogen and oxygen atoms in total. The molecule has 1 N–H and O–H groups in total. The minimum atomic E-state index is -0.362. The first-order valence-corrected chi connectivity index (χ1v) is 6.38. The zero-order chi connectivity index (χ0) is 14.3. The summed E-state index contributed by atoms with van der Waals surface area (Å²) in [6.07, 6.45) is 0.685. The van der Waals surface area contributed by atoms with Crippen LogP contribution in [0.1, 0.15) is 25.8 Å². The second-order valence-corrected chi connectivity index (χ2v) is 5.11. The molecule has 19 heavy (non-hydrogen) atoms. The topological polar surface area (TPSA) is 54.3 Å². The lowest BCUT2D eigenvalue weighted by Gasteiger charge is -2.17. The van der Waals surface area contributed by atoms with Crippen LogP contribution in [0.25, 0.3) is 0 Å². The van der Waals surface area contributed by atoms with E-state index in [-0.39, 0.29) is 5.41 Å². The maximum absolute atomic E-state index is 8.95. The first-order chi connectivity index (χ1) is 9.02. The Bertz CT molecular complexity index is 450. The quantitative estimate of drug-likeness (QED) is 0.821. The number of nitrogens with zero attached hydrogens (tertiary/aromatic N) is 1. The number of hydrogen-bond acceptors (Lipinski definition) is 4. The third-order valence-electron chi connectivity index (χ3n) is 2.90. The molecule has 0 unspecified atom stereocenters. The molecule has 0 spiro atoms. The van der Waals surface area contributed by atoms with Crippen LogP contribution in [0, 0.1) is 16.7 Å². The molecule has 1 rings (SSSR count). The van der Waals surface area contributed by atoms with Crippen LogP contribution in [0.4, 0.5) is 0 Å². The molecule has 0 atom stereocenters. The van der Waals surface area contributed by atoms with E-state index in [0.717, 1.165) is 23.6 Å². The molecule has 0 saturated carbocycles. The van der Waals surface area contributed by atoms with Crippen molar-refractivity contribution in [1.82, 2.24) is 5.32 Å². The van der Waals surface area contributed by atoms with Crippen molar-refractivity contribution in [3.05, 3.63) is 23.8 Å². The Labute approximate surface area is 115 Å². The Morgan fingerprint density at radius 3 is 2.63 bits per heavy atom.